The number of hydrogen-bond donors (Lipinski definition) is 1. The lowest BCUT2D eigenvalue weighted by molar-refractivity contribution is -0.116. The standard InChI is InChI=1S/C14H14N4O2S/c1-9-6-13(20)18-10(8-21-14(18)16-9)7-12(19)17-11-4-2-3-5-15-11/h2-6,10H,7-8H2,1H3,(H,15,17,19). The van der Waals surface area contributed by atoms with E-state index >= 15 is 0 Å². The van der Waals surface area contributed by atoms with Crippen LogP contribution in [-0.4, -0.2) is 26.2 Å². The fourth-order valence-corrected chi connectivity index (χ4v) is 3.45. The summed E-state index contributed by atoms with van der Waals surface area (Å²) in [5.74, 6) is 1.05. The third-order valence-corrected chi connectivity index (χ3v) is 4.27. The molecule has 1 N–H and O–H groups in total. The number of nitrogens with one attached hydrogen (secondary N) is 1. The monoisotopic (exact) mass is 302 g/mol. The first-order valence-electron chi connectivity index (χ1n) is 6.57. The third-order valence-electron chi connectivity index (χ3n) is 3.17. The van der Waals surface area contributed by atoms with Crippen molar-refractivity contribution in [2.75, 3.05) is 11.1 Å². The molecule has 21 heavy (non-hydrogen) atoms. The minimum atomic E-state index is -0.158. The minimum absolute atomic E-state index is 0.0989. The summed E-state index contributed by atoms with van der Waals surface area (Å²) in [5, 5.41) is 3.43. The van der Waals surface area contributed by atoms with Crippen molar-refractivity contribution in [2.45, 2.75) is 24.5 Å². The molecular weight excluding hydrogens is 288 g/mol. The van der Waals surface area contributed by atoms with Gasteiger partial charge in [0.25, 0.3) is 5.56 Å². The van der Waals surface area contributed by atoms with Crippen molar-refractivity contribution < 1.29 is 4.79 Å². The maximum atomic E-state index is 12.1. The Morgan fingerprint density at radius 3 is 3.14 bits per heavy atom. The van der Waals surface area contributed by atoms with Gasteiger partial charge in [0.15, 0.2) is 5.16 Å². The van der Waals surface area contributed by atoms with Crippen LogP contribution in [0.25, 0.3) is 0 Å². The molecule has 3 rings (SSSR count). The van der Waals surface area contributed by atoms with Gasteiger partial charge in [0, 0.05) is 30.1 Å². The number of rotatable bonds is 3. The Morgan fingerprint density at radius 2 is 2.38 bits per heavy atom. The van der Waals surface area contributed by atoms with Crippen LogP contribution in [0.3, 0.4) is 0 Å². The number of amides is 1. The molecule has 0 saturated heterocycles. The van der Waals surface area contributed by atoms with Crippen LogP contribution in [0.1, 0.15) is 18.2 Å². The lowest BCUT2D eigenvalue weighted by Crippen LogP contribution is -2.27. The van der Waals surface area contributed by atoms with Gasteiger partial charge >= 0.3 is 0 Å². The number of aromatic nitrogens is 3. The lowest BCUT2D eigenvalue weighted by atomic mass is 10.2. The van der Waals surface area contributed by atoms with E-state index in [1.165, 1.54) is 17.8 Å². The highest BCUT2D eigenvalue weighted by Crippen LogP contribution is 2.32. The minimum Gasteiger partial charge on any atom is -0.311 e. The Kier molecular flexibility index (Phi) is 3.74. The summed E-state index contributed by atoms with van der Waals surface area (Å²) in [4.78, 5) is 32.5. The van der Waals surface area contributed by atoms with Crippen molar-refractivity contribution in [1.82, 2.24) is 14.5 Å². The number of thioether (sulfide) groups is 1. The van der Waals surface area contributed by atoms with Gasteiger partial charge in [-0.25, -0.2) is 9.97 Å². The molecule has 1 unspecified atom stereocenters. The van der Waals surface area contributed by atoms with Crippen LogP contribution in [0, 0.1) is 6.92 Å². The molecule has 0 aromatic carbocycles. The van der Waals surface area contributed by atoms with Crippen molar-refractivity contribution in [1.29, 1.82) is 0 Å². The Hall–Kier alpha value is -2.15. The topological polar surface area (TPSA) is 76.9 Å². The first-order chi connectivity index (χ1) is 10.1. The van der Waals surface area contributed by atoms with Crippen LogP contribution in [0.4, 0.5) is 5.82 Å². The second kappa shape index (κ2) is 5.69. The summed E-state index contributed by atoms with van der Waals surface area (Å²) in [5.41, 5.74) is 0.607. The smallest absolute Gasteiger partial charge is 0.254 e. The molecule has 1 atom stereocenters. The molecule has 108 valence electrons. The van der Waals surface area contributed by atoms with Crippen molar-refractivity contribution in [3.8, 4) is 0 Å². The van der Waals surface area contributed by atoms with E-state index in [-0.39, 0.29) is 23.9 Å². The molecule has 7 heteroatoms. The highest BCUT2D eigenvalue weighted by atomic mass is 32.2. The Morgan fingerprint density at radius 1 is 1.52 bits per heavy atom. The molecule has 2 aromatic heterocycles. The zero-order chi connectivity index (χ0) is 14.8. The molecule has 0 spiro atoms. The molecule has 0 aliphatic carbocycles. The van der Waals surface area contributed by atoms with Gasteiger partial charge in [0.2, 0.25) is 5.91 Å². The predicted molar refractivity (Wildman–Crippen MR) is 80.5 cm³/mol. The average molecular weight is 302 g/mol. The second-order valence-electron chi connectivity index (χ2n) is 4.82. The van der Waals surface area contributed by atoms with E-state index < -0.39 is 0 Å². The van der Waals surface area contributed by atoms with Crippen molar-refractivity contribution in [3.63, 3.8) is 0 Å². The maximum Gasteiger partial charge on any atom is 0.254 e. The highest BCUT2D eigenvalue weighted by molar-refractivity contribution is 7.99. The third kappa shape index (κ3) is 2.97. The van der Waals surface area contributed by atoms with E-state index in [0.29, 0.717) is 22.4 Å². The normalized spacial score (nSPS) is 16.5. The fourth-order valence-electron chi connectivity index (χ4n) is 2.26. The Labute approximate surface area is 125 Å². The lowest BCUT2D eigenvalue weighted by Gasteiger charge is -2.12. The van der Waals surface area contributed by atoms with Crippen molar-refractivity contribution >= 4 is 23.5 Å². The Bertz CT molecular complexity index is 729. The van der Waals surface area contributed by atoms with Crippen molar-refractivity contribution in [3.05, 3.63) is 46.5 Å². The van der Waals surface area contributed by atoms with Crippen molar-refractivity contribution in [2.24, 2.45) is 0 Å². The first-order valence-corrected chi connectivity index (χ1v) is 7.56. The summed E-state index contributed by atoms with van der Waals surface area (Å²) in [7, 11) is 0. The van der Waals surface area contributed by atoms with Gasteiger partial charge in [-0.3, -0.25) is 14.2 Å². The van der Waals surface area contributed by atoms with Gasteiger partial charge in [0.1, 0.15) is 5.82 Å². The zero-order valence-corrected chi connectivity index (χ0v) is 12.3. The molecule has 1 aliphatic rings. The van der Waals surface area contributed by atoms with E-state index in [0.717, 1.165) is 0 Å². The fraction of sp³-hybridized carbons (Fsp3) is 0.286. The van der Waals surface area contributed by atoms with Gasteiger partial charge in [-0.2, -0.15) is 0 Å². The summed E-state index contributed by atoms with van der Waals surface area (Å²) in [6.45, 7) is 1.80. The van der Waals surface area contributed by atoms with Gasteiger partial charge < -0.3 is 5.32 Å². The average Bonchev–Trinajstić information content (AvgIpc) is 2.82. The number of fused-ring (bicyclic) bond motifs is 1. The van der Waals surface area contributed by atoms with Gasteiger partial charge in [-0.15, -0.1) is 0 Å². The molecule has 0 saturated carbocycles. The van der Waals surface area contributed by atoms with Crippen LogP contribution in [0.5, 0.6) is 0 Å². The SMILES string of the molecule is Cc1cc(=O)n2c(n1)SCC2CC(=O)Nc1ccccn1. The number of pyridine rings is 1. The Balaban J connectivity index is 1.74. The van der Waals surface area contributed by atoms with E-state index in [4.69, 9.17) is 0 Å². The van der Waals surface area contributed by atoms with Gasteiger partial charge in [0.05, 0.1) is 6.04 Å². The number of nitrogens with zero attached hydrogens (tertiary/aromatic N) is 3. The maximum absolute atomic E-state index is 12.1. The van der Waals surface area contributed by atoms with E-state index in [1.54, 1.807) is 35.9 Å². The number of aryl methyl sites for hydroxylation is 1. The van der Waals surface area contributed by atoms with Crippen LogP contribution in [0.15, 0.2) is 40.4 Å². The van der Waals surface area contributed by atoms with Crippen LogP contribution in [0.2, 0.25) is 0 Å². The molecule has 0 fully saturated rings. The number of carbonyl (C=O) groups excluding carboxylic acids is 1. The summed E-state index contributed by atoms with van der Waals surface area (Å²) >= 11 is 1.51. The second-order valence-corrected chi connectivity index (χ2v) is 5.81. The quantitative estimate of drug-likeness (QED) is 0.872. The van der Waals surface area contributed by atoms with E-state index in [9.17, 15) is 9.59 Å². The molecule has 0 radical (unpaired) electrons. The molecule has 6 nitrogen and oxygen atoms in total. The van der Waals surface area contributed by atoms with E-state index in [1.807, 2.05) is 0 Å². The summed E-state index contributed by atoms with van der Waals surface area (Å²) < 4.78 is 1.61. The molecule has 1 aliphatic heterocycles. The van der Waals surface area contributed by atoms with E-state index in [2.05, 4.69) is 15.3 Å². The molecule has 0 bridgehead atoms. The van der Waals surface area contributed by atoms with Gasteiger partial charge in [-0.1, -0.05) is 17.8 Å². The summed E-state index contributed by atoms with van der Waals surface area (Å²) in [6, 6.07) is 6.66. The number of hydrogen-bond acceptors (Lipinski definition) is 5. The van der Waals surface area contributed by atoms with Crippen LogP contribution >= 0.6 is 11.8 Å². The number of carbonyl (C=O) groups is 1. The van der Waals surface area contributed by atoms with Crippen LogP contribution < -0.4 is 10.9 Å². The largest absolute Gasteiger partial charge is 0.311 e. The summed E-state index contributed by atoms with van der Waals surface area (Å²) in [6.07, 6.45) is 1.86. The van der Waals surface area contributed by atoms with Crippen LogP contribution in [-0.2, 0) is 4.79 Å². The number of anilines is 1. The zero-order valence-electron chi connectivity index (χ0n) is 11.4. The predicted octanol–water partition coefficient (Wildman–Crippen LogP) is 1.62. The molecular formula is C14H14N4O2S. The molecule has 2 aromatic rings. The highest BCUT2D eigenvalue weighted by Gasteiger charge is 2.27. The van der Waals surface area contributed by atoms with Gasteiger partial charge in [-0.05, 0) is 19.1 Å². The first kappa shape index (κ1) is 13.8. The molecule has 3 heterocycles. The molecule has 1 amide bonds.